The van der Waals surface area contributed by atoms with Crippen LogP contribution in [0.2, 0.25) is 0 Å². The quantitative estimate of drug-likeness (QED) is 0.265. The molecule has 2 saturated heterocycles. The van der Waals surface area contributed by atoms with Crippen molar-refractivity contribution in [3.05, 3.63) is 81.0 Å². The lowest BCUT2D eigenvalue weighted by Gasteiger charge is -2.31. The molecule has 2 aliphatic heterocycles. The molecule has 4 heterocycles. The third kappa shape index (κ3) is 5.67. The summed E-state index contributed by atoms with van der Waals surface area (Å²) in [5, 5.41) is 9.13. The van der Waals surface area contributed by atoms with E-state index in [1.54, 1.807) is 16.5 Å². The molecule has 2 aliphatic rings. The van der Waals surface area contributed by atoms with Crippen molar-refractivity contribution in [2.75, 3.05) is 24.5 Å². The van der Waals surface area contributed by atoms with Crippen LogP contribution in [0.4, 0.5) is 14.5 Å². The Morgan fingerprint density at radius 1 is 1.05 bits per heavy atom. The molecule has 41 heavy (non-hydrogen) atoms. The molecule has 4 aromatic rings. The van der Waals surface area contributed by atoms with Crippen molar-refractivity contribution >= 4 is 44.8 Å². The van der Waals surface area contributed by atoms with Crippen molar-refractivity contribution in [2.45, 2.75) is 38.6 Å². The van der Waals surface area contributed by atoms with Crippen molar-refractivity contribution in [1.82, 2.24) is 24.9 Å². The van der Waals surface area contributed by atoms with Gasteiger partial charge in [0.05, 0.1) is 11.4 Å². The van der Waals surface area contributed by atoms with Crippen molar-refractivity contribution in [1.29, 1.82) is 0 Å². The van der Waals surface area contributed by atoms with Crippen LogP contribution in [0.15, 0.2) is 53.1 Å². The second-order valence-electron chi connectivity index (χ2n) is 10.5. The fraction of sp³-hybridized carbons (Fsp3) is 0.345. The SMILES string of the molecule is Cc1nc(-c2ccc(F)c(F)c2)sc1C(=O)N1CCC(Cc2cn(C3CCN(c4ccc(Br)cc4)C3=O)nn2)CC1. The average molecular weight is 642 g/mol. The summed E-state index contributed by atoms with van der Waals surface area (Å²) >= 11 is 4.63. The highest BCUT2D eigenvalue weighted by atomic mass is 79.9. The van der Waals surface area contributed by atoms with Gasteiger partial charge in [0.2, 0.25) is 0 Å². The zero-order chi connectivity index (χ0) is 28.7. The highest BCUT2D eigenvalue weighted by molar-refractivity contribution is 9.10. The number of hydrogen-bond donors (Lipinski definition) is 0. The zero-order valence-corrected chi connectivity index (χ0v) is 24.7. The van der Waals surface area contributed by atoms with Crippen LogP contribution in [0.25, 0.3) is 10.6 Å². The van der Waals surface area contributed by atoms with Crippen LogP contribution in [-0.2, 0) is 11.2 Å². The van der Waals surface area contributed by atoms with Gasteiger partial charge < -0.3 is 9.80 Å². The number of carbonyl (C=O) groups excluding carboxylic acids is 2. The van der Waals surface area contributed by atoms with Crippen molar-refractivity contribution in [3.8, 4) is 10.6 Å². The maximum Gasteiger partial charge on any atom is 0.265 e. The number of aryl methyl sites for hydroxylation is 1. The number of anilines is 1. The van der Waals surface area contributed by atoms with E-state index in [1.807, 2.05) is 35.4 Å². The van der Waals surface area contributed by atoms with E-state index in [4.69, 9.17) is 0 Å². The molecule has 8 nitrogen and oxygen atoms in total. The fourth-order valence-electron chi connectivity index (χ4n) is 5.47. The number of aromatic nitrogens is 4. The summed E-state index contributed by atoms with van der Waals surface area (Å²) in [4.78, 5) is 34.9. The molecule has 0 radical (unpaired) electrons. The molecule has 2 aromatic heterocycles. The number of benzene rings is 2. The monoisotopic (exact) mass is 640 g/mol. The standard InChI is InChI=1S/C29H27BrF2N6O2S/c1-17-26(41-27(33-17)19-2-7-23(31)24(32)15-19)29(40)36-11-8-18(9-12-36)14-21-16-38(35-34-21)25-10-13-37(28(25)39)22-5-3-20(30)4-6-22/h2-7,15-16,18,25H,8-14H2,1H3. The molecule has 2 amide bonds. The smallest absolute Gasteiger partial charge is 0.265 e. The maximum absolute atomic E-state index is 13.7. The first-order valence-electron chi connectivity index (χ1n) is 13.5. The van der Waals surface area contributed by atoms with E-state index < -0.39 is 11.6 Å². The molecular weight excluding hydrogens is 614 g/mol. The highest BCUT2D eigenvalue weighted by Gasteiger charge is 2.35. The summed E-state index contributed by atoms with van der Waals surface area (Å²) in [7, 11) is 0. The highest BCUT2D eigenvalue weighted by Crippen LogP contribution is 2.32. The molecule has 0 spiro atoms. The summed E-state index contributed by atoms with van der Waals surface area (Å²) in [5.41, 5.74) is 2.75. The topological polar surface area (TPSA) is 84.2 Å². The molecule has 2 aromatic carbocycles. The minimum absolute atomic E-state index is 0.0154. The number of hydrogen-bond acceptors (Lipinski definition) is 6. The minimum atomic E-state index is -0.942. The van der Waals surface area contributed by atoms with Gasteiger partial charge in [-0.15, -0.1) is 16.4 Å². The summed E-state index contributed by atoms with van der Waals surface area (Å²) in [6.07, 6.45) is 4.94. The van der Waals surface area contributed by atoms with Crippen LogP contribution < -0.4 is 4.90 Å². The lowest BCUT2D eigenvalue weighted by molar-refractivity contribution is -0.120. The van der Waals surface area contributed by atoms with Crippen molar-refractivity contribution < 1.29 is 18.4 Å². The number of halogens is 3. The Bertz CT molecular complexity index is 1600. The van der Waals surface area contributed by atoms with E-state index in [0.29, 0.717) is 53.1 Å². The molecule has 1 unspecified atom stereocenters. The lowest BCUT2D eigenvalue weighted by atomic mass is 9.92. The summed E-state index contributed by atoms with van der Waals surface area (Å²) < 4.78 is 29.7. The largest absolute Gasteiger partial charge is 0.338 e. The van der Waals surface area contributed by atoms with Gasteiger partial charge in [-0.1, -0.05) is 21.1 Å². The molecular formula is C29H27BrF2N6O2S. The number of likely N-dealkylation sites (tertiary alicyclic amines) is 1. The molecule has 0 N–H and O–H groups in total. The summed E-state index contributed by atoms with van der Waals surface area (Å²) in [6, 6.07) is 11.0. The van der Waals surface area contributed by atoms with Crippen LogP contribution in [0.3, 0.4) is 0 Å². The molecule has 12 heteroatoms. The van der Waals surface area contributed by atoms with E-state index >= 15 is 0 Å². The van der Waals surface area contributed by atoms with Gasteiger partial charge in [0.15, 0.2) is 11.6 Å². The summed E-state index contributed by atoms with van der Waals surface area (Å²) in [5.74, 6) is -1.58. The Morgan fingerprint density at radius 2 is 1.80 bits per heavy atom. The Labute approximate surface area is 248 Å². The van der Waals surface area contributed by atoms with E-state index in [1.165, 1.54) is 17.4 Å². The maximum atomic E-state index is 13.7. The number of amides is 2. The second-order valence-corrected chi connectivity index (χ2v) is 12.4. The lowest BCUT2D eigenvalue weighted by Crippen LogP contribution is -2.38. The van der Waals surface area contributed by atoms with E-state index in [9.17, 15) is 18.4 Å². The van der Waals surface area contributed by atoms with Gasteiger partial charge in [0.25, 0.3) is 11.8 Å². The van der Waals surface area contributed by atoms with Crippen LogP contribution in [-0.4, -0.2) is 56.3 Å². The first-order chi connectivity index (χ1) is 19.8. The molecule has 1 atom stereocenters. The van der Waals surface area contributed by atoms with E-state index in [-0.39, 0.29) is 17.9 Å². The summed E-state index contributed by atoms with van der Waals surface area (Å²) in [6.45, 7) is 3.61. The second kappa shape index (κ2) is 11.4. The van der Waals surface area contributed by atoms with Gasteiger partial charge in [-0.3, -0.25) is 9.59 Å². The molecule has 212 valence electrons. The van der Waals surface area contributed by atoms with Crippen LogP contribution >= 0.6 is 27.3 Å². The normalized spacial score (nSPS) is 18.0. The van der Waals surface area contributed by atoms with Crippen molar-refractivity contribution in [3.63, 3.8) is 0 Å². The number of carbonyl (C=O) groups is 2. The van der Waals surface area contributed by atoms with Gasteiger partial charge in [0.1, 0.15) is 15.9 Å². The minimum Gasteiger partial charge on any atom is -0.338 e. The fourth-order valence-corrected chi connectivity index (χ4v) is 6.77. The average Bonchev–Trinajstić information content (AvgIpc) is 3.69. The Hall–Kier alpha value is -3.51. The Balaban J connectivity index is 1.04. The number of nitrogens with zero attached hydrogens (tertiary/aromatic N) is 6. The molecule has 6 rings (SSSR count). The molecule has 0 aliphatic carbocycles. The van der Waals surface area contributed by atoms with Crippen molar-refractivity contribution in [2.24, 2.45) is 5.92 Å². The van der Waals surface area contributed by atoms with Crippen LogP contribution in [0.1, 0.15) is 46.4 Å². The molecule has 2 fully saturated rings. The van der Waals surface area contributed by atoms with Gasteiger partial charge in [0, 0.05) is 41.6 Å². The first kappa shape index (κ1) is 27.6. The third-order valence-electron chi connectivity index (χ3n) is 7.75. The van der Waals surface area contributed by atoms with Gasteiger partial charge in [-0.25, -0.2) is 18.4 Å². The van der Waals surface area contributed by atoms with Gasteiger partial charge in [-0.2, -0.15) is 0 Å². The van der Waals surface area contributed by atoms with Crippen LogP contribution in [0, 0.1) is 24.5 Å². The number of thiazole rings is 1. The van der Waals surface area contributed by atoms with E-state index in [0.717, 1.165) is 47.2 Å². The third-order valence-corrected chi connectivity index (χ3v) is 9.47. The van der Waals surface area contributed by atoms with Gasteiger partial charge >= 0.3 is 0 Å². The van der Waals surface area contributed by atoms with Crippen LogP contribution in [0.5, 0.6) is 0 Å². The zero-order valence-electron chi connectivity index (χ0n) is 22.3. The van der Waals surface area contributed by atoms with E-state index in [2.05, 4.69) is 31.2 Å². The molecule has 0 bridgehead atoms. The first-order valence-corrected chi connectivity index (χ1v) is 15.1. The van der Waals surface area contributed by atoms with Gasteiger partial charge in [-0.05, 0) is 81.0 Å². The number of rotatable bonds is 6. The Kier molecular flexibility index (Phi) is 7.69. The predicted octanol–water partition coefficient (Wildman–Crippen LogP) is 5.82. The Morgan fingerprint density at radius 3 is 2.54 bits per heavy atom. The predicted molar refractivity (Wildman–Crippen MR) is 155 cm³/mol. The molecule has 0 saturated carbocycles. The number of piperidine rings is 1.